The van der Waals surface area contributed by atoms with Gasteiger partial charge < -0.3 is 10.5 Å². The van der Waals surface area contributed by atoms with Gasteiger partial charge >= 0.3 is 5.97 Å². The number of ether oxygens (including phenoxy) is 1. The lowest BCUT2D eigenvalue weighted by molar-refractivity contribution is 0.00690. The third-order valence-corrected chi connectivity index (χ3v) is 4.48. The molecule has 27 heavy (non-hydrogen) atoms. The van der Waals surface area contributed by atoms with E-state index >= 15 is 0 Å². The molecule has 1 aliphatic carbocycles. The molecule has 0 bridgehead atoms. The molecule has 0 saturated heterocycles. The maximum Gasteiger partial charge on any atom is 0.338 e. The summed E-state index contributed by atoms with van der Waals surface area (Å²) in [5.41, 5.74) is 7.73. The predicted octanol–water partition coefficient (Wildman–Crippen LogP) is 3.21. The van der Waals surface area contributed by atoms with Crippen molar-refractivity contribution in [2.24, 2.45) is 11.7 Å². The van der Waals surface area contributed by atoms with Crippen molar-refractivity contribution in [2.75, 3.05) is 0 Å². The van der Waals surface area contributed by atoms with Crippen LogP contribution in [0.4, 0.5) is 0 Å². The average Bonchev–Trinajstić information content (AvgIpc) is 2.85. The van der Waals surface area contributed by atoms with Crippen LogP contribution in [0.5, 0.6) is 0 Å². The van der Waals surface area contributed by atoms with E-state index in [0.717, 1.165) is 5.56 Å². The molecule has 0 aliphatic heterocycles. The fourth-order valence-electron chi connectivity index (χ4n) is 3.31. The second-order valence-electron chi connectivity index (χ2n) is 7.82. The number of Topliss-reactive ketones (excluding diaryl/α,β-unsaturated/α-hetero) is 2. The molecule has 5 heteroatoms. The van der Waals surface area contributed by atoms with Crippen LogP contribution < -0.4 is 5.73 Å². The Morgan fingerprint density at radius 2 is 1.63 bits per heavy atom. The Morgan fingerprint density at radius 1 is 1.04 bits per heavy atom. The van der Waals surface area contributed by atoms with Crippen LogP contribution in [-0.2, 0) is 11.2 Å². The molecule has 0 spiro atoms. The largest absolute Gasteiger partial charge is 0.456 e. The lowest BCUT2D eigenvalue weighted by Gasteiger charge is -2.20. The third kappa shape index (κ3) is 3.98. The van der Waals surface area contributed by atoms with Crippen LogP contribution in [0.2, 0.25) is 0 Å². The molecule has 0 heterocycles. The lowest BCUT2D eigenvalue weighted by atomic mass is 9.90. The molecular formula is C22H23NO4. The van der Waals surface area contributed by atoms with Crippen LogP contribution in [0.15, 0.2) is 48.5 Å². The van der Waals surface area contributed by atoms with E-state index in [1.165, 1.54) is 0 Å². The topological polar surface area (TPSA) is 86.5 Å². The normalized spacial score (nSPS) is 15.6. The number of carbonyl (C=O) groups is 3. The van der Waals surface area contributed by atoms with Gasteiger partial charge in [-0.15, -0.1) is 0 Å². The van der Waals surface area contributed by atoms with Gasteiger partial charge in [0, 0.05) is 17.2 Å². The number of hydrogen-bond acceptors (Lipinski definition) is 5. The molecule has 0 unspecified atom stereocenters. The highest BCUT2D eigenvalue weighted by Gasteiger charge is 2.41. The first-order valence-electron chi connectivity index (χ1n) is 8.93. The highest BCUT2D eigenvalue weighted by molar-refractivity contribution is 6.26. The van der Waals surface area contributed by atoms with Gasteiger partial charge in [0.2, 0.25) is 0 Å². The third-order valence-electron chi connectivity index (χ3n) is 4.48. The summed E-state index contributed by atoms with van der Waals surface area (Å²) in [5.74, 6) is -1.76. The Balaban J connectivity index is 1.77. The van der Waals surface area contributed by atoms with E-state index in [9.17, 15) is 14.4 Å². The summed E-state index contributed by atoms with van der Waals surface area (Å²) in [6.45, 7) is 5.42. The minimum atomic E-state index is -0.882. The van der Waals surface area contributed by atoms with Gasteiger partial charge in [-0.05, 0) is 44.9 Å². The molecule has 2 aromatic carbocycles. The molecule has 3 rings (SSSR count). The van der Waals surface area contributed by atoms with Crippen molar-refractivity contribution in [3.8, 4) is 0 Å². The van der Waals surface area contributed by atoms with Crippen molar-refractivity contribution in [1.29, 1.82) is 0 Å². The number of fused-ring (bicyclic) bond motifs is 1. The Kier molecular flexibility index (Phi) is 4.98. The summed E-state index contributed by atoms with van der Waals surface area (Å²) in [5, 5.41) is 0. The number of nitrogens with two attached hydrogens (primary N) is 1. The highest BCUT2D eigenvalue weighted by Crippen LogP contribution is 2.29. The fourth-order valence-corrected chi connectivity index (χ4v) is 3.31. The van der Waals surface area contributed by atoms with Gasteiger partial charge in [-0.25, -0.2) is 4.79 Å². The molecule has 140 valence electrons. The van der Waals surface area contributed by atoms with E-state index in [2.05, 4.69) is 0 Å². The van der Waals surface area contributed by atoms with Gasteiger partial charge in [0.1, 0.15) is 11.5 Å². The van der Waals surface area contributed by atoms with Crippen LogP contribution in [0, 0.1) is 5.92 Å². The quantitative estimate of drug-likeness (QED) is 0.664. The maximum atomic E-state index is 12.6. The van der Waals surface area contributed by atoms with Gasteiger partial charge in [0.15, 0.2) is 11.6 Å². The second-order valence-corrected chi connectivity index (χ2v) is 7.82. The van der Waals surface area contributed by atoms with Crippen LogP contribution in [0.3, 0.4) is 0 Å². The monoisotopic (exact) mass is 365 g/mol. The number of benzene rings is 2. The molecular weight excluding hydrogens is 342 g/mol. The highest BCUT2D eigenvalue weighted by atomic mass is 16.6. The van der Waals surface area contributed by atoms with Crippen LogP contribution in [0.25, 0.3) is 0 Å². The number of carbonyl (C=O) groups excluding carboxylic acids is 3. The first-order valence-corrected chi connectivity index (χ1v) is 8.93. The van der Waals surface area contributed by atoms with E-state index in [4.69, 9.17) is 10.5 Å². The summed E-state index contributed by atoms with van der Waals surface area (Å²) < 4.78 is 5.38. The van der Waals surface area contributed by atoms with E-state index < -0.39 is 23.5 Å². The van der Waals surface area contributed by atoms with Crippen LogP contribution in [0.1, 0.15) is 57.4 Å². The van der Waals surface area contributed by atoms with Gasteiger partial charge in [-0.3, -0.25) is 9.59 Å². The minimum absolute atomic E-state index is 0.230. The molecule has 2 N–H and O–H groups in total. The Labute approximate surface area is 158 Å². The zero-order chi connectivity index (χ0) is 19.8. The summed E-state index contributed by atoms with van der Waals surface area (Å²) >= 11 is 0. The Hall–Kier alpha value is -2.79. The number of esters is 1. The van der Waals surface area contributed by atoms with E-state index in [-0.39, 0.29) is 11.6 Å². The first-order chi connectivity index (χ1) is 12.7. The Morgan fingerprint density at radius 3 is 2.19 bits per heavy atom. The van der Waals surface area contributed by atoms with Crippen molar-refractivity contribution >= 4 is 17.5 Å². The Bertz CT molecular complexity index is 876. The summed E-state index contributed by atoms with van der Waals surface area (Å²) in [6, 6.07) is 13.1. The second kappa shape index (κ2) is 7.08. The molecule has 0 saturated carbocycles. The first kappa shape index (κ1) is 19.0. The zero-order valence-electron chi connectivity index (χ0n) is 15.7. The van der Waals surface area contributed by atoms with E-state index in [1.54, 1.807) is 63.2 Å². The molecule has 1 atom stereocenters. The zero-order valence-corrected chi connectivity index (χ0v) is 15.7. The summed E-state index contributed by atoms with van der Waals surface area (Å²) in [6.07, 6.45) is 0.312. The SMILES string of the molecule is CC(C)(C)OC(=O)c1cccc(C[C@H](N)C2C(=O)c3ccccc3C2=O)c1. The van der Waals surface area contributed by atoms with Crippen molar-refractivity contribution in [3.05, 3.63) is 70.8 Å². The van der Waals surface area contributed by atoms with Crippen LogP contribution >= 0.6 is 0 Å². The predicted molar refractivity (Wildman–Crippen MR) is 102 cm³/mol. The van der Waals surface area contributed by atoms with Crippen LogP contribution in [-0.4, -0.2) is 29.2 Å². The maximum absolute atomic E-state index is 12.6. The van der Waals surface area contributed by atoms with E-state index in [0.29, 0.717) is 23.1 Å². The number of rotatable bonds is 4. The van der Waals surface area contributed by atoms with Gasteiger partial charge in [-0.2, -0.15) is 0 Å². The van der Waals surface area contributed by atoms with Crippen molar-refractivity contribution in [3.63, 3.8) is 0 Å². The molecule has 0 aromatic heterocycles. The molecule has 0 fully saturated rings. The van der Waals surface area contributed by atoms with Gasteiger partial charge in [-0.1, -0.05) is 36.4 Å². The average molecular weight is 365 g/mol. The molecule has 1 aliphatic rings. The fraction of sp³-hybridized carbons (Fsp3) is 0.318. The summed E-state index contributed by atoms with van der Waals surface area (Å²) in [7, 11) is 0. The number of hydrogen-bond donors (Lipinski definition) is 1. The minimum Gasteiger partial charge on any atom is -0.456 e. The van der Waals surface area contributed by atoms with E-state index in [1.807, 2.05) is 6.07 Å². The molecule has 2 aromatic rings. The molecule has 0 radical (unpaired) electrons. The van der Waals surface area contributed by atoms with Crippen molar-refractivity contribution in [1.82, 2.24) is 0 Å². The number of ketones is 2. The standard InChI is InChI=1S/C22H23NO4/c1-22(2,3)27-21(26)14-8-6-7-13(11-14)12-17(23)18-19(24)15-9-4-5-10-16(15)20(18)25/h4-11,17-18H,12,23H2,1-3H3/t17-/m0/s1. The van der Waals surface area contributed by atoms with Gasteiger partial charge in [0.25, 0.3) is 0 Å². The van der Waals surface area contributed by atoms with Crippen molar-refractivity contribution < 1.29 is 19.1 Å². The lowest BCUT2D eigenvalue weighted by Crippen LogP contribution is -2.38. The smallest absolute Gasteiger partial charge is 0.338 e. The summed E-state index contributed by atoms with van der Waals surface area (Å²) in [4.78, 5) is 37.4. The van der Waals surface area contributed by atoms with Gasteiger partial charge in [0.05, 0.1) is 5.56 Å². The van der Waals surface area contributed by atoms with Crippen molar-refractivity contribution in [2.45, 2.75) is 38.8 Å². The molecule has 0 amide bonds. The molecule has 5 nitrogen and oxygen atoms in total.